The topological polar surface area (TPSA) is 130 Å². The zero-order valence-corrected chi connectivity index (χ0v) is 23.4. The van der Waals surface area contributed by atoms with Crippen molar-refractivity contribution in [3.63, 3.8) is 0 Å². The van der Waals surface area contributed by atoms with Gasteiger partial charge in [-0.2, -0.15) is 4.39 Å². The molecule has 0 fully saturated rings. The average Bonchev–Trinajstić information content (AvgIpc) is 3.38. The summed E-state index contributed by atoms with van der Waals surface area (Å²) in [6.07, 6.45) is 6.65. The molecule has 0 atom stereocenters. The zero-order valence-electron chi connectivity index (χ0n) is 22.5. The number of aryl methyl sites for hydroxylation is 1. The summed E-state index contributed by atoms with van der Waals surface area (Å²) in [7, 11) is 1.27. The van der Waals surface area contributed by atoms with Crippen molar-refractivity contribution in [3.05, 3.63) is 71.7 Å². The third-order valence-electron chi connectivity index (χ3n) is 6.31. The van der Waals surface area contributed by atoms with Gasteiger partial charge in [-0.05, 0) is 61.7 Å². The van der Waals surface area contributed by atoms with Crippen LogP contribution in [0.2, 0.25) is 0 Å². The fraction of sp³-hybridized carbons (Fsp3) is 0.286. The van der Waals surface area contributed by atoms with E-state index in [0.717, 1.165) is 12.0 Å². The molecule has 10 nitrogen and oxygen atoms in total. The summed E-state index contributed by atoms with van der Waals surface area (Å²) in [5.74, 6) is -2.99. The number of carboxylic acid groups (broad SMARTS) is 1. The molecule has 4 rings (SSSR count). The van der Waals surface area contributed by atoms with Gasteiger partial charge in [0.05, 0.1) is 25.5 Å². The van der Waals surface area contributed by atoms with E-state index < -0.39 is 17.6 Å². The largest absolute Gasteiger partial charge is 0.494 e. The number of ether oxygens (including phenoxy) is 1. The highest BCUT2D eigenvalue weighted by Gasteiger charge is 2.19. The fourth-order valence-electron chi connectivity index (χ4n) is 4.28. The number of aliphatic carboxylic acids is 1. The first-order valence-corrected chi connectivity index (χ1v) is 12.8. The molecule has 4 N–H and O–H groups in total. The number of fused-ring (bicyclic) bond motifs is 1. The number of hydrogen-bond acceptors (Lipinski definition) is 7. The predicted molar refractivity (Wildman–Crippen MR) is 153 cm³/mol. The van der Waals surface area contributed by atoms with Crippen LogP contribution < -0.4 is 20.7 Å². The normalized spacial score (nSPS) is 10.7. The molecule has 0 spiro atoms. The van der Waals surface area contributed by atoms with Gasteiger partial charge in [-0.1, -0.05) is 6.92 Å². The number of rotatable bonds is 13. The number of hydrogen-bond donors (Lipinski definition) is 4. The molecule has 41 heavy (non-hydrogen) atoms. The van der Waals surface area contributed by atoms with Gasteiger partial charge in [0.2, 0.25) is 5.82 Å². The number of methoxy groups -OCH3 is 1. The Morgan fingerprint density at radius 2 is 1.85 bits per heavy atom. The number of imidazole rings is 1. The molecule has 0 unspecified atom stereocenters. The van der Waals surface area contributed by atoms with Gasteiger partial charge in [-0.25, -0.2) is 14.4 Å². The van der Waals surface area contributed by atoms with Crippen molar-refractivity contribution in [1.29, 1.82) is 0 Å². The zero-order chi connectivity index (χ0) is 28.6. The number of amides is 1. The van der Waals surface area contributed by atoms with Gasteiger partial charge in [0.15, 0.2) is 23.0 Å². The quantitative estimate of drug-likeness (QED) is 0.167. The van der Waals surface area contributed by atoms with E-state index in [1.54, 1.807) is 22.7 Å². The van der Waals surface area contributed by atoms with Crippen molar-refractivity contribution in [2.75, 3.05) is 32.1 Å². The van der Waals surface area contributed by atoms with Crippen molar-refractivity contribution in [1.82, 2.24) is 25.0 Å². The third kappa shape index (κ3) is 7.27. The fourth-order valence-corrected chi connectivity index (χ4v) is 4.28. The lowest BCUT2D eigenvalue weighted by atomic mass is 10.0. The van der Waals surface area contributed by atoms with Gasteiger partial charge in [0.25, 0.3) is 5.91 Å². The number of carboxylic acids is 1. The van der Waals surface area contributed by atoms with Crippen LogP contribution in [0.25, 0.3) is 16.9 Å². The molecule has 218 valence electrons. The Labute approximate surface area is 241 Å². The third-order valence-corrected chi connectivity index (χ3v) is 6.31. The first kappa shape index (κ1) is 31.2. The van der Waals surface area contributed by atoms with Crippen molar-refractivity contribution < 1.29 is 28.2 Å². The highest BCUT2D eigenvalue weighted by Crippen LogP contribution is 2.31. The second kappa shape index (κ2) is 14.4. The molecule has 0 saturated heterocycles. The van der Waals surface area contributed by atoms with E-state index in [2.05, 4.69) is 25.9 Å². The molecule has 13 heteroatoms. The second-order valence-corrected chi connectivity index (χ2v) is 8.94. The van der Waals surface area contributed by atoms with Crippen molar-refractivity contribution in [3.8, 4) is 17.0 Å². The maximum absolute atomic E-state index is 14.8. The Hall–Kier alpha value is -4.29. The Morgan fingerprint density at radius 3 is 2.59 bits per heavy atom. The maximum atomic E-state index is 14.8. The number of unbranched alkanes of at least 4 members (excludes halogenated alkanes) is 1. The monoisotopic (exact) mass is 588 g/mol. The van der Waals surface area contributed by atoms with Crippen LogP contribution in [-0.2, 0) is 11.2 Å². The van der Waals surface area contributed by atoms with Crippen molar-refractivity contribution >= 4 is 41.4 Å². The van der Waals surface area contributed by atoms with Gasteiger partial charge >= 0.3 is 5.97 Å². The molecule has 1 amide bonds. The van der Waals surface area contributed by atoms with E-state index in [9.17, 15) is 18.4 Å². The van der Waals surface area contributed by atoms with Crippen molar-refractivity contribution in [2.24, 2.45) is 0 Å². The minimum Gasteiger partial charge on any atom is -0.494 e. The van der Waals surface area contributed by atoms with E-state index in [4.69, 9.17) is 9.84 Å². The lowest BCUT2D eigenvalue weighted by Crippen LogP contribution is -2.27. The summed E-state index contributed by atoms with van der Waals surface area (Å²) in [5.41, 5.74) is 2.86. The van der Waals surface area contributed by atoms with Gasteiger partial charge in [0.1, 0.15) is 0 Å². The van der Waals surface area contributed by atoms with Crippen LogP contribution in [0.15, 0.2) is 48.9 Å². The minimum atomic E-state index is -1.08. The van der Waals surface area contributed by atoms with Crippen LogP contribution in [-0.4, -0.2) is 58.1 Å². The summed E-state index contributed by atoms with van der Waals surface area (Å²) in [6, 6.07) is 8.15. The standard InChI is InChI=1S/C28H30F2N6O4.ClH/c1-3-17-14-18(6-7-19(17)28(39)33-11-5-4-10-31-16-23(37)38)35-26-27-34-15-21(36(27)13-12-32-26)20-8-9-22(40-2)25(30)24(20)29;/h6-9,12-15,31H,3-5,10-11,16H2,1-2H3,(H,32,35)(H,33,39)(H,37,38);1H. The molecule has 2 aromatic carbocycles. The lowest BCUT2D eigenvalue weighted by molar-refractivity contribution is -0.135. The molecule has 0 saturated carbocycles. The molecule has 0 radical (unpaired) electrons. The number of halogens is 3. The van der Waals surface area contributed by atoms with E-state index >= 15 is 0 Å². The summed E-state index contributed by atoms with van der Waals surface area (Å²) in [4.78, 5) is 32.0. The Balaban J connectivity index is 0.00000462. The number of aromatic nitrogens is 3. The highest BCUT2D eigenvalue weighted by atomic mass is 35.5. The molecular formula is C28H31ClF2N6O4. The maximum Gasteiger partial charge on any atom is 0.317 e. The molecule has 0 aliphatic heterocycles. The van der Waals surface area contributed by atoms with Crippen LogP contribution in [0.4, 0.5) is 20.3 Å². The SMILES string of the molecule is CCc1cc(Nc2nccn3c(-c4ccc(OC)c(F)c4F)cnc23)ccc1C(=O)NCCCCNCC(=O)O.Cl. The van der Waals surface area contributed by atoms with Gasteiger partial charge in [-0.15, -0.1) is 12.4 Å². The van der Waals surface area contributed by atoms with E-state index in [-0.39, 0.29) is 36.2 Å². The molecular weight excluding hydrogens is 558 g/mol. The average molecular weight is 589 g/mol. The minimum absolute atomic E-state index is 0. The summed E-state index contributed by atoms with van der Waals surface area (Å²) in [5, 5.41) is 17.6. The van der Waals surface area contributed by atoms with E-state index in [0.29, 0.717) is 54.3 Å². The number of carbonyl (C=O) groups is 2. The Morgan fingerprint density at radius 1 is 1.07 bits per heavy atom. The van der Waals surface area contributed by atoms with Gasteiger partial charge < -0.3 is 25.8 Å². The summed E-state index contributed by atoms with van der Waals surface area (Å²) in [6.45, 7) is 2.91. The Bertz CT molecular complexity index is 1530. The molecule has 0 bridgehead atoms. The summed E-state index contributed by atoms with van der Waals surface area (Å²) < 4.78 is 35.6. The van der Waals surface area contributed by atoms with Gasteiger partial charge in [-0.3, -0.25) is 14.0 Å². The Kier molecular flexibility index (Phi) is 11.0. The van der Waals surface area contributed by atoms with Crippen molar-refractivity contribution in [2.45, 2.75) is 26.2 Å². The van der Waals surface area contributed by atoms with Crippen LogP contribution in [0.3, 0.4) is 0 Å². The first-order chi connectivity index (χ1) is 19.3. The number of benzene rings is 2. The molecule has 0 aliphatic rings. The predicted octanol–water partition coefficient (Wildman–Crippen LogP) is 4.60. The number of anilines is 2. The van der Waals surface area contributed by atoms with Crippen LogP contribution >= 0.6 is 12.4 Å². The van der Waals surface area contributed by atoms with Gasteiger partial charge in [0, 0.05) is 35.8 Å². The van der Waals surface area contributed by atoms with Crippen LogP contribution in [0.5, 0.6) is 5.75 Å². The van der Waals surface area contributed by atoms with Crippen LogP contribution in [0.1, 0.15) is 35.7 Å². The molecule has 2 heterocycles. The number of carbonyl (C=O) groups excluding carboxylic acids is 1. The molecule has 4 aromatic rings. The molecule has 2 aromatic heterocycles. The number of nitrogens with zero attached hydrogens (tertiary/aromatic N) is 3. The number of nitrogens with one attached hydrogen (secondary N) is 3. The highest BCUT2D eigenvalue weighted by molar-refractivity contribution is 5.96. The van der Waals surface area contributed by atoms with E-state index in [1.807, 2.05) is 13.0 Å². The van der Waals surface area contributed by atoms with E-state index in [1.165, 1.54) is 31.6 Å². The smallest absolute Gasteiger partial charge is 0.317 e. The summed E-state index contributed by atoms with van der Waals surface area (Å²) >= 11 is 0. The second-order valence-electron chi connectivity index (χ2n) is 8.94. The van der Waals surface area contributed by atoms with Crippen LogP contribution in [0, 0.1) is 11.6 Å². The first-order valence-electron chi connectivity index (χ1n) is 12.8. The molecule has 0 aliphatic carbocycles. The lowest BCUT2D eigenvalue weighted by Gasteiger charge is -2.13.